The third-order valence-corrected chi connectivity index (χ3v) is 5.73. The highest BCUT2D eigenvalue weighted by Crippen LogP contribution is 2.31. The number of halogens is 1. The molecule has 8 nitrogen and oxygen atoms in total. The highest BCUT2D eigenvalue weighted by atomic mass is 19.1. The van der Waals surface area contributed by atoms with Crippen molar-refractivity contribution in [3.8, 4) is 0 Å². The van der Waals surface area contributed by atoms with Crippen molar-refractivity contribution in [2.24, 2.45) is 11.7 Å². The van der Waals surface area contributed by atoms with Crippen LogP contribution >= 0.6 is 0 Å². The Morgan fingerprint density at radius 1 is 1.15 bits per heavy atom. The van der Waals surface area contributed by atoms with Crippen molar-refractivity contribution in [3.63, 3.8) is 0 Å². The number of nitrogens with two attached hydrogens (primary N) is 1. The highest BCUT2D eigenvalue weighted by molar-refractivity contribution is 5.98. The van der Waals surface area contributed by atoms with Gasteiger partial charge < -0.3 is 26.2 Å². The van der Waals surface area contributed by atoms with E-state index in [0.717, 1.165) is 5.56 Å². The molecule has 0 atom stereocenters. The van der Waals surface area contributed by atoms with Crippen LogP contribution in [0.2, 0.25) is 0 Å². The van der Waals surface area contributed by atoms with Crippen LogP contribution in [-0.4, -0.2) is 48.9 Å². The average Bonchev–Trinajstić information content (AvgIpc) is 2.78. The average molecular weight is 463 g/mol. The van der Waals surface area contributed by atoms with Gasteiger partial charge in [0, 0.05) is 51.7 Å². The first-order chi connectivity index (χ1) is 16.3. The van der Waals surface area contributed by atoms with Crippen molar-refractivity contribution < 1.29 is 14.0 Å². The van der Waals surface area contributed by atoms with Crippen LogP contribution in [0, 0.1) is 11.7 Å². The van der Waals surface area contributed by atoms with Crippen molar-refractivity contribution in [1.82, 2.24) is 9.88 Å². The minimum Gasteiger partial charge on any atom is -0.380 e. The van der Waals surface area contributed by atoms with Crippen molar-refractivity contribution in [2.45, 2.75) is 6.54 Å². The first-order valence-corrected chi connectivity index (χ1v) is 10.9. The molecule has 9 heteroatoms. The Balaban J connectivity index is 1.45. The summed E-state index contributed by atoms with van der Waals surface area (Å²) in [5.74, 6) is -0.602. The number of aromatic nitrogens is 1. The van der Waals surface area contributed by atoms with E-state index in [2.05, 4.69) is 15.6 Å². The van der Waals surface area contributed by atoms with Gasteiger partial charge in [0.05, 0.1) is 22.9 Å². The first kappa shape index (κ1) is 23.0. The lowest BCUT2D eigenvalue weighted by Gasteiger charge is -2.41. The number of carbonyl (C=O) groups excluding carboxylic acids is 2. The normalized spacial score (nSPS) is 13.2. The molecule has 4 rings (SSSR count). The molecule has 2 heterocycles. The smallest absolute Gasteiger partial charge is 0.252 e. The van der Waals surface area contributed by atoms with Crippen molar-refractivity contribution in [1.29, 1.82) is 0 Å². The van der Waals surface area contributed by atoms with E-state index in [1.807, 2.05) is 35.2 Å². The Labute approximate surface area is 197 Å². The lowest BCUT2D eigenvalue weighted by Crippen LogP contribution is -2.53. The Kier molecular flexibility index (Phi) is 6.62. The number of rotatable bonds is 8. The molecule has 34 heavy (non-hydrogen) atoms. The third-order valence-electron chi connectivity index (χ3n) is 5.73. The number of primary amides is 1. The van der Waals surface area contributed by atoms with Gasteiger partial charge in [0.1, 0.15) is 11.6 Å². The predicted molar refractivity (Wildman–Crippen MR) is 131 cm³/mol. The number of carbonyl (C=O) groups is 2. The van der Waals surface area contributed by atoms with Gasteiger partial charge in [-0.05, 0) is 23.8 Å². The molecule has 0 spiro atoms. The quantitative estimate of drug-likeness (QED) is 0.475. The zero-order chi connectivity index (χ0) is 24.2. The van der Waals surface area contributed by atoms with E-state index in [-0.39, 0.29) is 17.4 Å². The molecule has 0 radical (unpaired) electrons. The second-order valence-electron chi connectivity index (χ2n) is 8.44. The largest absolute Gasteiger partial charge is 0.380 e. The van der Waals surface area contributed by atoms with Crippen LogP contribution in [-0.2, 0) is 11.3 Å². The monoisotopic (exact) mass is 462 g/mol. The Hall–Kier alpha value is -4.14. The second kappa shape index (κ2) is 9.78. The number of hydrogen-bond acceptors (Lipinski definition) is 6. The van der Waals surface area contributed by atoms with E-state index >= 15 is 0 Å². The van der Waals surface area contributed by atoms with Crippen molar-refractivity contribution in [2.75, 3.05) is 42.7 Å². The molecule has 1 saturated heterocycles. The molecule has 0 bridgehead atoms. The summed E-state index contributed by atoms with van der Waals surface area (Å²) in [6, 6.07) is 16.2. The Morgan fingerprint density at radius 2 is 1.88 bits per heavy atom. The lowest BCUT2D eigenvalue weighted by molar-refractivity contribution is -0.133. The molecule has 2 amide bonds. The van der Waals surface area contributed by atoms with Gasteiger partial charge in [0.25, 0.3) is 5.91 Å². The predicted octanol–water partition coefficient (Wildman–Crippen LogP) is 3.20. The minimum atomic E-state index is -0.592. The zero-order valence-corrected chi connectivity index (χ0v) is 19.1. The van der Waals surface area contributed by atoms with Crippen LogP contribution in [0.3, 0.4) is 0 Å². The number of nitrogens with one attached hydrogen (secondary N) is 2. The van der Waals surface area contributed by atoms with Gasteiger partial charge in [-0.3, -0.25) is 9.59 Å². The summed E-state index contributed by atoms with van der Waals surface area (Å²) in [7, 11) is 3.44. The Bertz CT molecular complexity index is 1200. The maximum atomic E-state index is 14.8. The number of anilines is 4. The maximum absolute atomic E-state index is 14.8. The number of pyridine rings is 1. The lowest BCUT2D eigenvalue weighted by atomic mass is 9.97. The van der Waals surface area contributed by atoms with E-state index in [1.54, 1.807) is 37.2 Å². The summed E-state index contributed by atoms with van der Waals surface area (Å²) < 4.78 is 14.8. The molecule has 1 aromatic heterocycles. The number of nitrogens with zero attached hydrogens (tertiary/aromatic N) is 3. The molecule has 1 aliphatic rings. The van der Waals surface area contributed by atoms with Gasteiger partial charge in [0.15, 0.2) is 0 Å². The van der Waals surface area contributed by atoms with E-state index in [0.29, 0.717) is 42.5 Å². The van der Waals surface area contributed by atoms with Gasteiger partial charge in [0.2, 0.25) is 5.91 Å². The molecule has 0 saturated carbocycles. The fourth-order valence-electron chi connectivity index (χ4n) is 3.85. The molecule has 3 aromatic rings. The van der Waals surface area contributed by atoms with Gasteiger partial charge >= 0.3 is 0 Å². The van der Waals surface area contributed by atoms with E-state index in [1.165, 1.54) is 12.3 Å². The second-order valence-corrected chi connectivity index (χ2v) is 8.44. The fraction of sp³-hybridized carbons (Fsp3) is 0.240. The van der Waals surface area contributed by atoms with Gasteiger partial charge in [-0.2, -0.15) is 0 Å². The summed E-state index contributed by atoms with van der Waals surface area (Å²) >= 11 is 0. The molecule has 2 aromatic carbocycles. The molecule has 0 aliphatic carbocycles. The Morgan fingerprint density at radius 3 is 2.53 bits per heavy atom. The maximum Gasteiger partial charge on any atom is 0.252 e. The van der Waals surface area contributed by atoms with E-state index in [4.69, 9.17) is 5.73 Å². The molecular weight excluding hydrogens is 435 g/mol. The van der Waals surface area contributed by atoms with Gasteiger partial charge in [-0.25, -0.2) is 9.37 Å². The number of hydrogen-bond donors (Lipinski definition) is 3. The van der Waals surface area contributed by atoms with Crippen LogP contribution in [0.25, 0.3) is 0 Å². The summed E-state index contributed by atoms with van der Waals surface area (Å²) in [5, 5.41) is 6.29. The first-order valence-electron chi connectivity index (χ1n) is 10.9. The fourth-order valence-corrected chi connectivity index (χ4v) is 3.85. The number of amides is 2. The van der Waals surface area contributed by atoms with Crippen LogP contribution < -0.4 is 21.3 Å². The molecule has 1 fully saturated rings. The number of benzene rings is 2. The molecular formula is C25H27FN6O2. The van der Waals surface area contributed by atoms with E-state index in [9.17, 15) is 14.0 Å². The molecule has 4 N–H and O–H groups in total. The molecule has 1 aliphatic heterocycles. The third kappa shape index (κ3) is 5.09. The SMILES string of the molecule is CN(C)C(=O)C1CN(c2ccc(Nc3cc(NCc4ccccc4)c(C(N)=O)cn3)cc2F)C1. The van der Waals surface area contributed by atoms with Crippen molar-refractivity contribution in [3.05, 3.63) is 77.7 Å². The summed E-state index contributed by atoms with van der Waals surface area (Å²) in [5.41, 5.74) is 8.30. The van der Waals surface area contributed by atoms with E-state index < -0.39 is 11.7 Å². The van der Waals surface area contributed by atoms with Crippen LogP contribution in [0.5, 0.6) is 0 Å². The van der Waals surface area contributed by atoms with Gasteiger partial charge in [-0.1, -0.05) is 30.3 Å². The summed E-state index contributed by atoms with van der Waals surface area (Å²) in [4.78, 5) is 31.5. The van der Waals surface area contributed by atoms with Crippen LogP contribution in [0.15, 0.2) is 60.8 Å². The standard InChI is InChI=1S/C25H27FN6O2/c1-31(2)25(34)17-14-32(15-17)22-9-8-18(10-20(22)26)30-23-11-21(19(13-29-23)24(27)33)28-12-16-6-4-3-5-7-16/h3-11,13,17H,12,14-15H2,1-2H3,(H2,27,33)(H2,28,29,30). The molecule has 176 valence electrons. The zero-order valence-electron chi connectivity index (χ0n) is 19.1. The summed E-state index contributed by atoms with van der Waals surface area (Å²) in [6.45, 7) is 1.49. The minimum absolute atomic E-state index is 0.0529. The van der Waals surface area contributed by atoms with Crippen molar-refractivity contribution >= 4 is 34.7 Å². The molecule has 0 unspecified atom stereocenters. The van der Waals surface area contributed by atoms with Gasteiger partial charge in [-0.15, -0.1) is 0 Å². The topological polar surface area (TPSA) is 104 Å². The highest BCUT2D eigenvalue weighted by Gasteiger charge is 2.34. The van der Waals surface area contributed by atoms with Crippen LogP contribution in [0.4, 0.5) is 27.3 Å². The summed E-state index contributed by atoms with van der Waals surface area (Å²) in [6.07, 6.45) is 1.39. The van der Waals surface area contributed by atoms with Crippen LogP contribution in [0.1, 0.15) is 15.9 Å².